The molecule has 2 N–H and O–H groups in total. The van der Waals surface area contributed by atoms with Crippen LogP contribution < -0.4 is 10.5 Å². The third-order valence-electron chi connectivity index (χ3n) is 4.52. The number of benzene rings is 1. The molecule has 1 atom stereocenters. The Balaban J connectivity index is 2.08. The highest BCUT2D eigenvalue weighted by atomic mass is 16.5. The van der Waals surface area contributed by atoms with Crippen LogP contribution in [0.3, 0.4) is 0 Å². The van der Waals surface area contributed by atoms with Gasteiger partial charge in [-0.3, -0.25) is 0 Å². The maximum Gasteiger partial charge on any atom is 0.122 e. The smallest absolute Gasteiger partial charge is 0.122 e. The topological polar surface area (TPSA) is 35.2 Å². The Morgan fingerprint density at radius 3 is 2.56 bits per heavy atom. The van der Waals surface area contributed by atoms with E-state index in [0.29, 0.717) is 5.41 Å². The average Bonchev–Trinajstić information content (AvgIpc) is 2.40. The van der Waals surface area contributed by atoms with Gasteiger partial charge in [0, 0.05) is 6.04 Å². The summed E-state index contributed by atoms with van der Waals surface area (Å²) in [6, 6.07) is 8.45. The van der Waals surface area contributed by atoms with Crippen LogP contribution in [0, 0.1) is 5.41 Å². The quantitative estimate of drug-likeness (QED) is 0.883. The Kier molecular flexibility index (Phi) is 4.28. The van der Waals surface area contributed by atoms with E-state index in [-0.39, 0.29) is 6.04 Å². The molecule has 1 aliphatic rings. The Hall–Kier alpha value is -1.02. The normalized spacial score (nSPS) is 20.4. The van der Waals surface area contributed by atoms with Crippen LogP contribution in [-0.2, 0) is 6.42 Å². The van der Waals surface area contributed by atoms with Crippen molar-refractivity contribution < 1.29 is 4.74 Å². The highest BCUT2D eigenvalue weighted by Crippen LogP contribution is 2.39. The van der Waals surface area contributed by atoms with Gasteiger partial charge in [0.2, 0.25) is 0 Å². The Morgan fingerprint density at radius 1 is 1.22 bits per heavy atom. The van der Waals surface area contributed by atoms with Gasteiger partial charge in [-0.15, -0.1) is 0 Å². The first kappa shape index (κ1) is 13.4. The molecule has 1 saturated carbocycles. The molecule has 2 nitrogen and oxygen atoms in total. The SMILES string of the molecule is COc1ccccc1CC(N)C1(C)CCCCC1. The van der Waals surface area contributed by atoms with Crippen LogP contribution in [0.15, 0.2) is 24.3 Å². The lowest BCUT2D eigenvalue weighted by molar-refractivity contribution is 0.168. The molecule has 1 aliphatic carbocycles. The number of para-hydroxylation sites is 1. The van der Waals surface area contributed by atoms with Gasteiger partial charge in [-0.25, -0.2) is 0 Å². The van der Waals surface area contributed by atoms with Gasteiger partial charge in [0.1, 0.15) is 5.75 Å². The minimum atomic E-state index is 0.231. The van der Waals surface area contributed by atoms with Crippen LogP contribution in [0.25, 0.3) is 0 Å². The first-order valence-corrected chi connectivity index (χ1v) is 7.03. The van der Waals surface area contributed by atoms with Crippen molar-refractivity contribution in [2.45, 2.75) is 51.5 Å². The molecule has 0 radical (unpaired) electrons. The van der Waals surface area contributed by atoms with E-state index in [9.17, 15) is 0 Å². The van der Waals surface area contributed by atoms with Gasteiger partial charge in [0.05, 0.1) is 7.11 Å². The molecule has 2 rings (SSSR count). The van der Waals surface area contributed by atoms with Gasteiger partial charge in [-0.05, 0) is 36.3 Å². The molecule has 0 bridgehead atoms. The Morgan fingerprint density at radius 2 is 1.89 bits per heavy atom. The molecule has 0 spiro atoms. The highest BCUT2D eigenvalue weighted by Gasteiger charge is 2.33. The fourth-order valence-electron chi connectivity index (χ4n) is 3.09. The predicted octanol–water partition coefficient (Wildman–Crippen LogP) is 3.54. The van der Waals surface area contributed by atoms with Crippen LogP contribution in [0.5, 0.6) is 5.75 Å². The van der Waals surface area contributed by atoms with Crippen LogP contribution in [0.4, 0.5) is 0 Å². The van der Waals surface area contributed by atoms with Crippen molar-refractivity contribution in [2.24, 2.45) is 11.1 Å². The van der Waals surface area contributed by atoms with Crippen LogP contribution in [-0.4, -0.2) is 13.2 Å². The highest BCUT2D eigenvalue weighted by molar-refractivity contribution is 5.34. The van der Waals surface area contributed by atoms with E-state index >= 15 is 0 Å². The van der Waals surface area contributed by atoms with Gasteiger partial charge >= 0.3 is 0 Å². The molecule has 0 aliphatic heterocycles. The van der Waals surface area contributed by atoms with Crippen molar-refractivity contribution in [2.75, 3.05) is 7.11 Å². The molecule has 1 unspecified atom stereocenters. The number of ether oxygens (including phenoxy) is 1. The second kappa shape index (κ2) is 5.75. The molecule has 0 amide bonds. The van der Waals surface area contributed by atoms with Gasteiger partial charge < -0.3 is 10.5 Å². The van der Waals surface area contributed by atoms with Gasteiger partial charge in [-0.1, -0.05) is 44.4 Å². The maximum atomic E-state index is 6.48. The molecule has 0 saturated heterocycles. The minimum Gasteiger partial charge on any atom is -0.496 e. The van der Waals surface area contributed by atoms with Crippen molar-refractivity contribution in [3.05, 3.63) is 29.8 Å². The first-order chi connectivity index (χ1) is 8.65. The lowest BCUT2D eigenvalue weighted by Crippen LogP contribution is -2.42. The summed E-state index contributed by atoms with van der Waals surface area (Å²) in [6.45, 7) is 2.35. The standard InChI is InChI=1S/C16H25NO/c1-16(10-6-3-7-11-16)15(17)12-13-8-4-5-9-14(13)18-2/h4-5,8-9,15H,3,6-7,10-12,17H2,1-2H3. The minimum absolute atomic E-state index is 0.231. The van der Waals surface area contributed by atoms with Crippen molar-refractivity contribution in [1.82, 2.24) is 0 Å². The summed E-state index contributed by atoms with van der Waals surface area (Å²) in [5.74, 6) is 0.965. The molecule has 0 aromatic heterocycles. The van der Waals surface area contributed by atoms with Crippen molar-refractivity contribution in [1.29, 1.82) is 0 Å². The first-order valence-electron chi connectivity index (χ1n) is 7.03. The third kappa shape index (κ3) is 2.86. The van der Waals surface area contributed by atoms with Gasteiger partial charge in [0.15, 0.2) is 0 Å². The third-order valence-corrected chi connectivity index (χ3v) is 4.52. The zero-order chi connectivity index (χ0) is 13.0. The van der Waals surface area contributed by atoms with Gasteiger partial charge in [-0.2, -0.15) is 0 Å². The van der Waals surface area contributed by atoms with E-state index in [4.69, 9.17) is 10.5 Å². The monoisotopic (exact) mass is 247 g/mol. The molecule has 1 aromatic rings. The van der Waals surface area contributed by atoms with Crippen molar-refractivity contribution >= 4 is 0 Å². The van der Waals surface area contributed by atoms with E-state index in [0.717, 1.165) is 12.2 Å². The Labute approximate surface area is 111 Å². The lowest BCUT2D eigenvalue weighted by atomic mass is 9.69. The number of methoxy groups -OCH3 is 1. The lowest BCUT2D eigenvalue weighted by Gasteiger charge is -2.39. The molecular formula is C16H25NO. The van der Waals surface area contributed by atoms with Crippen LogP contribution in [0.2, 0.25) is 0 Å². The molecule has 0 heterocycles. The number of hydrogen-bond acceptors (Lipinski definition) is 2. The van der Waals surface area contributed by atoms with E-state index in [1.54, 1.807) is 7.11 Å². The number of rotatable bonds is 4. The van der Waals surface area contributed by atoms with Crippen molar-refractivity contribution in [3.63, 3.8) is 0 Å². The molecular weight excluding hydrogens is 222 g/mol. The fraction of sp³-hybridized carbons (Fsp3) is 0.625. The second-order valence-corrected chi connectivity index (χ2v) is 5.84. The molecule has 2 heteroatoms. The summed E-state index contributed by atoms with van der Waals surface area (Å²) in [5, 5.41) is 0. The number of nitrogens with two attached hydrogens (primary N) is 1. The van der Waals surface area contributed by atoms with Crippen molar-refractivity contribution in [3.8, 4) is 5.75 Å². The zero-order valence-corrected chi connectivity index (χ0v) is 11.6. The molecule has 1 fully saturated rings. The van der Waals surface area contributed by atoms with E-state index in [1.165, 1.54) is 37.7 Å². The average molecular weight is 247 g/mol. The van der Waals surface area contributed by atoms with E-state index in [2.05, 4.69) is 19.1 Å². The van der Waals surface area contributed by atoms with E-state index in [1.807, 2.05) is 12.1 Å². The molecule has 1 aromatic carbocycles. The summed E-state index contributed by atoms with van der Waals surface area (Å²) >= 11 is 0. The predicted molar refractivity (Wildman–Crippen MR) is 75.9 cm³/mol. The molecule has 100 valence electrons. The summed E-state index contributed by atoms with van der Waals surface area (Å²) in [7, 11) is 1.73. The Bertz CT molecular complexity index is 382. The summed E-state index contributed by atoms with van der Waals surface area (Å²) < 4.78 is 5.41. The largest absolute Gasteiger partial charge is 0.496 e. The second-order valence-electron chi connectivity index (χ2n) is 5.84. The summed E-state index contributed by atoms with van der Waals surface area (Å²) in [4.78, 5) is 0. The fourth-order valence-corrected chi connectivity index (χ4v) is 3.09. The maximum absolute atomic E-state index is 6.48. The zero-order valence-electron chi connectivity index (χ0n) is 11.6. The van der Waals surface area contributed by atoms with Gasteiger partial charge in [0.25, 0.3) is 0 Å². The summed E-state index contributed by atoms with van der Waals surface area (Å²) in [5.41, 5.74) is 8.02. The molecule has 18 heavy (non-hydrogen) atoms. The summed E-state index contributed by atoms with van der Waals surface area (Å²) in [6.07, 6.45) is 7.48. The van der Waals surface area contributed by atoms with E-state index < -0.39 is 0 Å². The number of hydrogen-bond donors (Lipinski definition) is 1. The van der Waals surface area contributed by atoms with Crippen LogP contribution >= 0.6 is 0 Å². The van der Waals surface area contributed by atoms with Crippen LogP contribution in [0.1, 0.15) is 44.6 Å².